The molecule has 0 radical (unpaired) electrons. The van der Waals surface area contributed by atoms with Crippen LogP contribution in [0, 0.1) is 5.41 Å². The van der Waals surface area contributed by atoms with E-state index in [2.05, 4.69) is 26.2 Å². The Bertz CT molecular complexity index is 692. The molecule has 144 valence electrons. The summed E-state index contributed by atoms with van der Waals surface area (Å²) in [5.74, 6) is -1.13. The number of hydrogen-bond donors (Lipinski definition) is 2. The summed E-state index contributed by atoms with van der Waals surface area (Å²) in [5.41, 5.74) is -0.599. The summed E-state index contributed by atoms with van der Waals surface area (Å²) in [5, 5.41) is 14.7. The van der Waals surface area contributed by atoms with Gasteiger partial charge in [0.15, 0.2) is 6.04 Å². The molecule has 0 aliphatic carbocycles. The SMILES string of the molecule is CC(C)(C)OC(=O)N[C@H](C(=O)O)[C@@H](c1nc(Br)cs1)N1CC2(COC2)C1. The molecule has 2 saturated heterocycles. The van der Waals surface area contributed by atoms with Gasteiger partial charge in [-0.15, -0.1) is 11.3 Å². The number of nitrogens with zero attached hydrogens (tertiary/aromatic N) is 2. The molecule has 2 aliphatic rings. The third-order valence-electron chi connectivity index (χ3n) is 4.29. The number of rotatable bonds is 5. The highest BCUT2D eigenvalue weighted by Crippen LogP contribution is 2.43. The number of nitrogens with one attached hydrogen (secondary N) is 1. The molecule has 1 aromatic rings. The van der Waals surface area contributed by atoms with Crippen LogP contribution in [0.15, 0.2) is 9.98 Å². The predicted molar refractivity (Wildman–Crippen MR) is 98.2 cm³/mol. The number of carbonyl (C=O) groups is 2. The number of carboxylic acid groups (broad SMARTS) is 1. The third-order valence-corrected chi connectivity index (χ3v) is 5.91. The Balaban J connectivity index is 1.80. The van der Waals surface area contributed by atoms with Crippen molar-refractivity contribution in [3.05, 3.63) is 15.0 Å². The van der Waals surface area contributed by atoms with Gasteiger partial charge in [-0.05, 0) is 36.7 Å². The predicted octanol–water partition coefficient (Wildman–Crippen LogP) is 2.26. The van der Waals surface area contributed by atoms with E-state index in [0.29, 0.717) is 35.9 Å². The Morgan fingerprint density at radius 1 is 1.46 bits per heavy atom. The molecule has 0 aromatic carbocycles. The zero-order valence-electron chi connectivity index (χ0n) is 14.8. The normalized spacial score (nSPS) is 21.4. The standard InChI is InChI=1S/C16H22BrN3O5S/c1-15(2,3)25-14(23)19-10(13(21)22)11(12-18-9(17)4-26-12)20-5-16(6-20)7-24-8-16/h4,10-11H,5-8H2,1-3H3,(H,19,23)(H,21,22)/t10-,11-/m0/s1. The zero-order valence-corrected chi connectivity index (χ0v) is 17.2. The van der Waals surface area contributed by atoms with E-state index >= 15 is 0 Å². The third kappa shape index (κ3) is 4.19. The number of thiazole rings is 1. The van der Waals surface area contributed by atoms with E-state index in [9.17, 15) is 14.7 Å². The van der Waals surface area contributed by atoms with Gasteiger partial charge in [0.05, 0.1) is 19.3 Å². The van der Waals surface area contributed by atoms with Crippen molar-refractivity contribution in [2.24, 2.45) is 5.41 Å². The van der Waals surface area contributed by atoms with Crippen LogP contribution in [0.3, 0.4) is 0 Å². The lowest BCUT2D eigenvalue weighted by Gasteiger charge is -2.57. The quantitative estimate of drug-likeness (QED) is 0.713. The topological polar surface area (TPSA) is 101 Å². The van der Waals surface area contributed by atoms with Crippen molar-refractivity contribution in [3.8, 4) is 0 Å². The minimum atomic E-state index is -1.17. The van der Waals surface area contributed by atoms with Gasteiger partial charge in [0.1, 0.15) is 15.2 Å². The second-order valence-electron chi connectivity index (χ2n) is 7.81. The van der Waals surface area contributed by atoms with Crippen LogP contribution in [0.25, 0.3) is 0 Å². The zero-order chi connectivity index (χ0) is 19.1. The molecule has 2 fully saturated rings. The van der Waals surface area contributed by atoms with E-state index in [1.165, 1.54) is 11.3 Å². The van der Waals surface area contributed by atoms with E-state index in [1.807, 2.05) is 4.90 Å². The van der Waals surface area contributed by atoms with E-state index < -0.39 is 29.7 Å². The van der Waals surface area contributed by atoms with E-state index in [4.69, 9.17) is 9.47 Å². The van der Waals surface area contributed by atoms with Gasteiger partial charge < -0.3 is 19.9 Å². The minimum Gasteiger partial charge on any atom is -0.480 e. The molecule has 1 amide bonds. The van der Waals surface area contributed by atoms with Crippen LogP contribution in [-0.2, 0) is 14.3 Å². The number of aliphatic carboxylic acids is 1. The van der Waals surface area contributed by atoms with Crippen molar-refractivity contribution < 1.29 is 24.2 Å². The lowest BCUT2D eigenvalue weighted by molar-refractivity contribution is -0.202. The first-order chi connectivity index (χ1) is 12.1. The van der Waals surface area contributed by atoms with Crippen LogP contribution in [-0.4, -0.2) is 65.0 Å². The van der Waals surface area contributed by atoms with Gasteiger partial charge in [0, 0.05) is 23.9 Å². The van der Waals surface area contributed by atoms with Crippen molar-refractivity contribution >= 4 is 39.3 Å². The van der Waals surface area contributed by atoms with Gasteiger partial charge in [0.2, 0.25) is 0 Å². The Hall–Kier alpha value is -1.23. The summed E-state index contributed by atoms with van der Waals surface area (Å²) in [4.78, 5) is 30.6. The number of carbonyl (C=O) groups excluding carboxylic acids is 1. The summed E-state index contributed by atoms with van der Waals surface area (Å²) < 4.78 is 11.2. The van der Waals surface area contributed by atoms with Gasteiger partial charge in [-0.2, -0.15) is 0 Å². The summed E-state index contributed by atoms with van der Waals surface area (Å²) >= 11 is 4.68. The average Bonchev–Trinajstić information content (AvgIpc) is 2.82. The molecule has 3 heterocycles. The second kappa shape index (κ2) is 7.06. The van der Waals surface area contributed by atoms with Crippen LogP contribution in [0.2, 0.25) is 0 Å². The molecule has 2 aliphatic heterocycles. The fourth-order valence-electron chi connectivity index (χ4n) is 3.21. The Kier molecular flexibility index (Phi) is 5.31. The molecule has 1 spiro atoms. The van der Waals surface area contributed by atoms with Crippen LogP contribution in [0.5, 0.6) is 0 Å². The second-order valence-corrected chi connectivity index (χ2v) is 9.52. The summed E-state index contributed by atoms with van der Waals surface area (Å²) in [6.45, 7) is 8.00. The van der Waals surface area contributed by atoms with Crippen molar-refractivity contribution in [1.82, 2.24) is 15.2 Å². The monoisotopic (exact) mass is 447 g/mol. The molecule has 0 bridgehead atoms. The first-order valence-corrected chi connectivity index (χ1v) is 9.91. The molecule has 1 aromatic heterocycles. The summed E-state index contributed by atoms with van der Waals surface area (Å²) in [6, 6.07) is -1.73. The molecular weight excluding hydrogens is 426 g/mol. The van der Waals surface area contributed by atoms with Gasteiger partial charge in [0.25, 0.3) is 0 Å². The first-order valence-electron chi connectivity index (χ1n) is 8.24. The number of halogens is 1. The fraction of sp³-hybridized carbons (Fsp3) is 0.688. The maximum Gasteiger partial charge on any atom is 0.408 e. The molecule has 0 unspecified atom stereocenters. The molecule has 8 nitrogen and oxygen atoms in total. The van der Waals surface area contributed by atoms with Gasteiger partial charge >= 0.3 is 12.1 Å². The maximum absolute atomic E-state index is 12.2. The maximum atomic E-state index is 12.2. The molecule has 10 heteroatoms. The number of hydrogen-bond acceptors (Lipinski definition) is 7. The number of carboxylic acids is 1. The molecule has 26 heavy (non-hydrogen) atoms. The smallest absolute Gasteiger partial charge is 0.408 e. The number of ether oxygens (including phenoxy) is 2. The summed E-state index contributed by atoms with van der Waals surface area (Å²) in [7, 11) is 0. The van der Waals surface area contributed by atoms with Gasteiger partial charge in [-0.1, -0.05) is 0 Å². The Labute approximate surface area is 164 Å². The molecule has 0 saturated carbocycles. The molecule has 2 N–H and O–H groups in total. The minimum absolute atomic E-state index is 0.113. The lowest BCUT2D eigenvalue weighted by Crippen LogP contribution is -2.68. The van der Waals surface area contributed by atoms with Crippen LogP contribution >= 0.6 is 27.3 Å². The Morgan fingerprint density at radius 2 is 2.12 bits per heavy atom. The van der Waals surface area contributed by atoms with Crippen molar-refractivity contribution in [2.45, 2.75) is 38.5 Å². The first kappa shape index (κ1) is 19.5. The molecular formula is C16H22BrN3O5S. The van der Waals surface area contributed by atoms with Gasteiger partial charge in [-0.25, -0.2) is 14.6 Å². The largest absolute Gasteiger partial charge is 0.480 e. The van der Waals surface area contributed by atoms with Crippen molar-refractivity contribution in [1.29, 1.82) is 0 Å². The van der Waals surface area contributed by atoms with Crippen LogP contribution in [0.4, 0.5) is 4.79 Å². The highest BCUT2D eigenvalue weighted by atomic mass is 79.9. The van der Waals surface area contributed by atoms with Crippen molar-refractivity contribution in [2.75, 3.05) is 26.3 Å². The molecule has 3 rings (SSSR count). The van der Waals surface area contributed by atoms with E-state index in [1.54, 1.807) is 26.2 Å². The highest BCUT2D eigenvalue weighted by Gasteiger charge is 2.53. The summed E-state index contributed by atoms with van der Waals surface area (Å²) in [6.07, 6.45) is -0.757. The number of alkyl carbamates (subject to hydrolysis) is 1. The lowest BCUT2D eigenvalue weighted by atomic mass is 9.76. The Morgan fingerprint density at radius 3 is 2.54 bits per heavy atom. The van der Waals surface area contributed by atoms with Crippen LogP contribution < -0.4 is 5.32 Å². The van der Waals surface area contributed by atoms with Crippen molar-refractivity contribution in [3.63, 3.8) is 0 Å². The number of likely N-dealkylation sites (tertiary alicyclic amines) is 1. The van der Waals surface area contributed by atoms with Crippen LogP contribution in [0.1, 0.15) is 31.8 Å². The highest BCUT2D eigenvalue weighted by molar-refractivity contribution is 9.10. The fourth-order valence-corrected chi connectivity index (χ4v) is 4.64. The van der Waals surface area contributed by atoms with E-state index in [0.717, 1.165) is 0 Å². The number of aromatic nitrogens is 1. The van der Waals surface area contributed by atoms with E-state index in [-0.39, 0.29) is 5.41 Å². The number of amides is 1. The van der Waals surface area contributed by atoms with Gasteiger partial charge in [-0.3, -0.25) is 4.90 Å². The molecule has 2 atom stereocenters. The average molecular weight is 448 g/mol.